The molecule has 1 heteroatoms. The van der Waals surface area contributed by atoms with Crippen LogP contribution >= 0.6 is 0 Å². The van der Waals surface area contributed by atoms with Crippen molar-refractivity contribution in [3.63, 3.8) is 0 Å². The number of rotatable bonds is 2. The standard InChI is InChI=1S/C16H22O/c17-16(10-11-16)15-9-5-8-14(12-15)13-6-3-1-2-4-7-13/h5,8-9,12-13,17H,1-4,6-7,10-11H2. The Morgan fingerprint density at radius 2 is 1.71 bits per heavy atom. The molecule has 0 saturated heterocycles. The maximum atomic E-state index is 10.2. The Labute approximate surface area is 104 Å². The average Bonchev–Trinajstić information content (AvgIpc) is 3.14. The zero-order valence-corrected chi connectivity index (χ0v) is 10.5. The van der Waals surface area contributed by atoms with E-state index in [4.69, 9.17) is 0 Å². The van der Waals surface area contributed by atoms with Crippen molar-refractivity contribution < 1.29 is 5.11 Å². The molecule has 2 fully saturated rings. The Hall–Kier alpha value is -0.820. The molecular weight excluding hydrogens is 208 g/mol. The molecular formula is C16H22O. The van der Waals surface area contributed by atoms with Gasteiger partial charge in [-0.1, -0.05) is 49.9 Å². The van der Waals surface area contributed by atoms with Crippen LogP contribution in [-0.2, 0) is 5.60 Å². The minimum atomic E-state index is -0.471. The SMILES string of the molecule is OC1(c2cccc(C3CCCCCC3)c2)CC1. The van der Waals surface area contributed by atoms with Crippen molar-refractivity contribution >= 4 is 0 Å². The lowest BCUT2D eigenvalue weighted by Crippen LogP contribution is -2.06. The lowest BCUT2D eigenvalue weighted by Gasteiger charge is -2.17. The maximum absolute atomic E-state index is 10.2. The van der Waals surface area contributed by atoms with Gasteiger partial charge in [0.2, 0.25) is 0 Å². The van der Waals surface area contributed by atoms with Gasteiger partial charge in [-0.3, -0.25) is 0 Å². The predicted octanol–water partition coefficient (Wildman–Crippen LogP) is 4.11. The van der Waals surface area contributed by atoms with Crippen LogP contribution in [-0.4, -0.2) is 5.11 Å². The molecule has 2 aliphatic rings. The van der Waals surface area contributed by atoms with Gasteiger partial charge < -0.3 is 5.11 Å². The number of hydrogen-bond donors (Lipinski definition) is 1. The van der Waals surface area contributed by atoms with Gasteiger partial charge in [-0.15, -0.1) is 0 Å². The average molecular weight is 230 g/mol. The fraction of sp³-hybridized carbons (Fsp3) is 0.625. The van der Waals surface area contributed by atoms with E-state index in [0.29, 0.717) is 0 Å². The second kappa shape index (κ2) is 4.45. The minimum Gasteiger partial charge on any atom is -0.385 e. The van der Waals surface area contributed by atoms with Gasteiger partial charge in [0, 0.05) is 0 Å². The van der Waals surface area contributed by atoms with E-state index in [-0.39, 0.29) is 0 Å². The fourth-order valence-electron chi connectivity index (χ4n) is 3.10. The number of aliphatic hydroxyl groups is 1. The van der Waals surface area contributed by atoms with E-state index in [0.717, 1.165) is 24.3 Å². The van der Waals surface area contributed by atoms with Crippen LogP contribution < -0.4 is 0 Å². The van der Waals surface area contributed by atoms with Crippen LogP contribution in [0.4, 0.5) is 0 Å². The van der Waals surface area contributed by atoms with Gasteiger partial charge in [0.1, 0.15) is 0 Å². The number of hydrogen-bond acceptors (Lipinski definition) is 1. The van der Waals surface area contributed by atoms with E-state index in [1.807, 2.05) is 0 Å². The molecule has 0 unspecified atom stereocenters. The highest BCUT2D eigenvalue weighted by Crippen LogP contribution is 2.46. The summed E-state index contributed by atoms with van der Waals surface area (Å²) in [6, 6.07) is 8.74. The summed E-state index contributed by atoms with van der Waals surface area (Å²) in [6.45, 7) is 0. The summed E-state index contributed by atoms with van der Waals surface area (Å²) >= 11 is 0. The molecule has 2 aliphatic carbocycles. The van der Waals surface area contributed by atoms with Crippen molar-refractivity contribution in [3.8, 4) is 0 Å². The Morgan fingerprint density at radius 3 is 2.35 bits per heavy atom. The highest BCUT2D eigenvalue weighted by atomic mass is 16.3. The summed E-state index contributed by atoms with van der Waals surface area (Å²) in [5.41, 5.74) is 2.14. The molecule has 0 spiro atoms. The van der Waals surface area contributed by atoms with Crippen LogP contribution in [0.5, 0.6) is 0 Å². The van der Waals surface area contributed by atoms with Gasteiger partial charge in [-0.2, -0.15) is 0 Å². The lowest BCUT2D eigenvalue weighted by molar-refractivity contribution is 0.151. The highest BCUT2D eigenvalue weighted by molar-refractivity contribution is 5.33. The van der Waals surface area contributed by atoms with Crippen LogP contribution in [0.3, 0.4) is 0 Å². The Morgan fingerprint density at radius 1 is 1.00 bits per heavy atom. The van der Waals surface area contributed by atoms with Crippen LogP contribution in [0, 0.1) is 0 Å². The van der Waals surface area contributed by atoms with Crippen molar-refractivity contribution in [2.24, 2.45) is 0 Å². The van der Waals surface area contributed by atoms with E-state index in [9.17, 15) is 5.11 Å². The molecule has 1 nitrogen and oxygen atoms in total. The molecule has 3 rings (SSSR count). The van der Waals surface area contributed by atoms with Gasteiger partial charge in [-0.25, -0.2) is 0 Å². The molecule has 0 amide bonds. The van der Waals surface area contributed by atoms with Gasteiger partial charge in [0.05, 0.1) is 5.60 Å². The van der Waals surface area contributed by atoms with Crippen molar-refractivity contribution in [2.75, 3.05) is 0 Å². The highest BCUT2D eigenvalue weighted by Gasteiger charge is 2.42. The van der Waals surface area contributed by atoms with Gasteiger partial charge >= 0.3 is 0 Å². The van der Waals surface area contributed by atoms with Crippen LogP contribution in [0.25, 0.3) is 0 Å². The third-order valence-corrected chi connectivity index (χ3v) is 4.47. The summed E-state index contributed by atoms with van der Waals surface area (Å²) < 4.78 is 0. The summed E-state index contributed by atoms with van der Waals surface area (Å²) in [4.78, 5) is 0. The van der Waals surface area contributed by atoms with E-state index in [1.165, 1.54) is 44.1 Å². The first-order valence-electron chi connectivity index (χ1n) is 7.11. The molecule has 0 bridgehead atoms. The Bertz CT molecular complexity index is 384. The van der Waals surface area contributed by atoms with Crippen LogP contribution in [0.15, 0.2) is 24.3 Å². The number of benzene rings is 1. The Kier molecular flexibility index (Phi) is 2.96. The quantitative estimate of drug-likeness (QED) is 0.758. The van der Waals surface area contributed by atoms with Gasteiger partial charge in [0.15, 0.2) is 0 Å². The summed E-state index contributed by atoms with van der Waals surface area (Å²) in [5.74, 6) is 0.736. The monoisotopic (exact) mass is 230 g/mol. The van der Waals surface area contributed by atoms with Crippen molar-refractivity contribution in [3.05, 3.63) is 35.4 Å². The zero-order chi connectivity index (χ0) is 11.7. The van der Waals surface area contributed by atoms with E-state index in [1.54, 1.807) is 0 Å². The molecule has 1 aromatic rings. The normalized spacial score (nSPS) is 24.3. The minimum absolute atomic E-state index is 0.471. The fourth-order valence-corrected chi connectivity index (χ4v) is 3.10. The third kappa shape index (κ3) is 2.40. The molecule has 2 saturated carbocycles. The second-order valence-corrected chi connectivity index (χ2v) is 5.85. The molecule has 1 N–H and O–H groups in total. The molecule has 0 radical (unpaired) electrons. The van der Waals surface area contributed by atoms with Crippen LogP contribution in [0.1, 0.15) is 68.4 Å². The predicted molar refractivity (Wildman–Crippen MR) is 70.0 cm³/mol. The van der Waals surface area contributed by atoms with Crippen molar-refractivity contribution in [1.82, 2.24) is 0 Å². The van der Waals surface area contributed by atoms with E-state index < -0.39 is 5.60 Å². The summed E-state index contributed by atoms with van der Waals surface area (Å²) in [7, 11) is 0. The molecule has 0 aliphatic heterocycles. The molecule has 92 valence electrons. The molecule has 0 heterocycles. The van der Waals surface area contributed by atoms with E-state index in [2.05, 4.69) is 24.3 Å². The maximum Gasteiger partial charge on any atom is 0.0899 e. The smallest absolute Gasteiger partial charge is 0.0899 e. The van der Waals surface area contributed by atoms with Gasteiger partial charge in [0.25, 0.3) is 0 Å². The molecule has 0 atom stereocenters. The van der Waals surface area contributed by atoms with Crippen LogP contribution in [0.2, 0.25) is 0 Å². The largest absolute Gasteiger partial charge is 0.385 e. The first-order valence-corrected chi connectivity index (χ1v) is 7.11. The molecule has 1 aromatic carbocycles. The summed E-state index contributed by atoms with van der Waals surface area (Å²) in [5, 5.41) is 10.2. The van der Waals surface area contributed by atoms with Gasteiger partial charge in [-0.05, 0) is 42.7 Å². The third-order valence-electron chi connectivity index (χ3n) is 4.47. The molecule has 17 heavy (non-hydrogen) atoms. The van der Waals surface area contributed by atoms with Crippen molar-refractivity contribution in [1.29, 1.82) is 0 Å². The first-order chi connectivity index (χ1) is 8.28. The summed E-state index contributed by atoms with van der Waals surface area (Å²) in [6.07, 6.45) is 10.1. The zero-order valence-electron chi connectivity index (χ0n) is 10.5. The van der Waals surface area contributed by atoms with E-state index >= 15 is 0 Å². The first kappa shape index (κ1) is 11.3. The Balaban J connectivity index is 1.81. The lowest BCUT2D eigenvalue weighted by atomic mass is 9.90. The molecule has 0 aromatic heterocycles. The topological polar surface area (TPSA) is 20.2 Å². The second-order valence-electron chi connectivity index (χ2n) is 5.85. The van der Waals surface area contributed by atoms with Crippen molar-refractivity contribution in [2.45, 2.75) is 62.9 Å².